The first-order valence-corrected chi connectivity index (χ1v) is 11.5. The molecule has 1 aromatic carbocycles. The minimum absolute atomic E-state index is 0.127. The number of hydrogen-bond acceptors (Lipinski definition) is 6. The second kappa shape index (κ2) is 8.30. The molecule has 6 nitrogen and oxygen atoms in total. The Labute approximate surface area is 166 Å². The Morgan fingerprint density at radius 2 is 1.89 bits per heavy atom. The first-order valence-electron chi connectivity index (χ1n) is 8.17. The minimum Gasteiger partial charge on any atom is -0.347 e. The summed E-state index contributed by atoms with van der Waals surface area (Å²) in [6.07, 6.45) is 0. The topological polar surface area (TPSA) is 88.2 Å². The molecule has 142 valence electrons. The second-order valence-corrected chi connectivity index (χ2v) is 9.70. The predicted molar refractivity (Wildman–Crippen MR) is 109 cm³/mol. The molecule has 1 amide bonds. The fourth-order valence-electron chi connectivity index (χ4n) is 2.52. The summed E-state index contributed by atoms with van der Waals surface area (Å²) in [5.74, 6) is -0.337. The number of carbonyl (C=O) groups excluding carboxylic acids is 1. The molecular weight excluding hydrogens is 402 g/mol. The van der Waals surface area contributed by atoms with Crippen LogP contribution in [0.25, 0.3) is 9.88 Å². The van der Waals surface area contributed by atoms with Gasteiger partial charge in [0.1, 0.15) is 9.88 Å². The van der Waals surface area contributed by atoms with Crippen LogP contribution in [0.2, 0.25) is 0 Å². The zero-order valence-corrected chi connectivity index (χ0v) is 17.3. The first-order chi connectivity index (χ1) is 12.9. The largest absolute Gasteiger partial charge is 0.347 e. The Hall–Kier alpha value is -2.07. The Morgan fingerprint density at radius 3 is 2.56 bits per heavy atom. The number of nitrogens with zero attached hydrogens (tertiary/aromatic N) is 1. The van der Waals surface area contributed by atoms with Gasteiger partial charge in [0.25, 0.3) is 5.91 Å². The van der Waals surface area contributed by atoms with Crippen LogP contribution in [0.15, 0.2) is 41.8 Å². The van der Waals surface area contributed by atoms with Gasteiger partial charge in [-0.15, -0.1) is 22.7 Å². The molecule has 3 aromatic rings. The Balaban J connectivity index is 1.74. The zero-order chi connectivity index (χ0) is 19.4. The summed E-state index contributed by atoms with van der Waals surface area (Å²) in [6.45, 7) is 2.07. The third kappa shape index (κ3) is 4.81. The first kappa shape index (κ1) is 19.7. The Bertz CT molecular complexity index is 1040. The van der Waals surface area contributed by atoms with Crippen molar-refractivity contribution in [2.45, 2.75) is 19.2 Å². The SMILES string of the molecule is CNS(=O)(=O)Cc1ccccc1CNC(=O)c1sc(-c2cccs2)nc1C. The fourth-order valence-corrected chi connectivity index (χ4v) is 5.13. The number of aryl methyl sites for hydroxylation is 1. The highest BCUT2D eigenvalue weighted by atomic mass is 32.2. The number of amides is 1. The van der Waals surface area contributed by atoms with Gasteiger partial charge < -0.3 is 5.32 Å². The van der Waals surface area contributed by atoms with Crippen molar-refractivity contribution in [1.82, 2.24) is 15.0 Å². The fraction of sp³-hybridized carbons (Fsp3) is 0.222. The van der Waals surface area contributed by atoms with Gasteiger partial charge in [-0.3, -0.25) is 4.79 Å². The van der Waals surface area contributed by atoms with E-state index >= 15 is 0 Å². The van der Waals surface area contributed by atoms with Crippen molar-refractivity contribution in [2.75, 3.05) is 7.05 Å². The van der Waals surface area contributed by atoms with Crippen molar-refractivity contribution < 1.29 is 13.2 Å². The van der Waals surface area contributed by atoms with Gasteiger partial charge in [-0.1, -0.05) is 30.3 Å². The molecule has 0 saturated heterocycles. The monoisotopic (exact) mass is 421 g/mol. The van der Waals surface area contributed by atoms with E-state index in [1.807, 2.05) is 36.6 Å². The van der Waals surface area contributed by atoms with E-state index in [4.69, 9.17) is 0 Å². The summed E-state index contributed by atoms with van der Waals surface area (Å²) in [7, 11) is -2.00. The van der Waals surface area contributed by atoms with Crippen LogP contribution in [-0.2, 0) is 22.3 Å². The number of carbonyl (C=O) groups is 1. The van der Waals surface area contributed by atoms with Crippen molar-refractivity contribution in [3.8, 4) is 9.88 Å². The Kier molecular flexibility index (Phi) is 6.05. The van der Waals surface area contributed by atoms with E-state index in [1.165, 1.54) is 18.4 Å². The maximum absolute atomic E-state index is 12.6. The lowest BCUT2D eigenvalue weighted by molar-refractivity contribution is 0.0954. The molecule has 0 aliphatic carbocycles. The normalized spacial score (nSPS) is 11.5. The molecule has 27 heavy (non-hydrogen) atoms. The number of nitrogens with one attached hydrogen (secondary N) is 2. The van der Waals surface area contributed by atoms with E-state index < -0.39 is 10.0 Å². The number of thiazole rings is 1. The summed E-state index contributed by atoms with van der Waals surface area (Å²) >= 11 is 2.94. The molecule has 0 atom stereocenters. The number of benzene rings is 1. The van der Waals surface area contributed by atoms with E-state index in [9.17, 15) is 13.2 Å². The van der Waals surface area contributed by atoms with Gasteiger partial charge in [0.2, 0.25) is 10.0 Å². The van der Waals surface area contributed by atoms with Crippen molar-refractivity contribution in [3.05, 3.63) is 63.5 Å². The molecule has 0 unspecified atom stereocenters. The molecule has 0 aliphatic rings. The van der Waals surface area contributed by atoms with Crippen molar-refractivity contribution in [2.24, 2.45) is 0 Å². The highest BCUT2D eigenvalue weighted by Gasteiger charge is 2.17. The van der Waals surface area contributed by atoms with Crippen LogP contribution in [0.5, 0.6) is 0 Å². The van der Waals surface area contributed by atoms with Crippen LogP contribution in [0, 0.1) is 6.92 Å². The van der Waals surface area contributed by atoms with Gasteiger partial charge in [0, 0.05) is 6.54 Å². The van der Waals surface area contributed by atoms with Crippen LogP contribution < -0.4 is 10.0 Å². The predicted octanol–water partition coefficient (Wildman–Crippen LogP) is 3.16. The highest BCUT2D eigenvalue weighted by Crippen LogP contribution is 2.31. The maximum atomic E-state index is 12.6. The van der Waals surface area contributed by atoms with Gasteiger partial charge in [0.05, 0.1) is 16.3 Å². The van der Waals surface area contributed by atoms with Gasteiger partial charge in [-0.25, -0.2) is 18.1 Å². The number of aromatic nitrogens is 1. The number of thiophene rings is 1. The molecule has 2 N–H and O–H groups in total. The number of sulfonamides is 1. The van der Waals surface area contributed by atoms with Crippen LogP contribution in [-0.4, -0.2) is 26.4 Å². The van der Waals surface area contributed by atoms with Gasteiger partial charge in [-0.05, 0) is 36.5 Å². The van der Waals surface area contributed by atoms with Gasteiger partial charge >= 0.3 is 0 Å². The molecule has 0 radical (unpaired) electrons. The van der Waals surface area contributed by atoms with E-state index in [0.29, 0.717) is 16.1 Å². The van der Waals surface area contributed by atoms with Crippen LogP contribution >= 0.6 is 22.7 Å². The average Bonchev–Trinajstić information content (AvgIpc) is 3.30. The Morgan fingerprint density at radius 1 is 1.15 bits per heavy atom. The summed E-state index contributed by atoms with van der Waals surface area (Å²) < 4.78 is 26.0. The average molecular weight is 422 g/mol. The second-order valence-electron chi connectivity index (χ2n) is 5.83. The molecule has 0 saturated carbocycles. The van der Waals surface area contributed by atoms with Gasteiger partial charge in [-0.2, -0.15) is 0 Å². The van der Waals surface area contributed by atoms with Crippen molar-refractivity contribution in [3.63, 3.8) is 0 Å². The summed E-state index contributed by atoms with van der Waals surface area (Å²) in [5, 5.41) is 5.68. The molecular formula is C18H19N3O3S3. The van der Waals surface area contributed by atoms with Crippen molar-refractivity contribution in [1.29, 1.82) is 0 Å². The summed E-state index contributed by atoms with van der Waals surface area (Å²) in [6, 6.07) is 11.1. The quantitative estimate of drug-likeness (QED) is 0.613. The molecule has 0 bridgehead atoms. The molecule has 0 fully saturated rings. The standard InChI is InChI=1S/C18H19N3O3S3/c1-12-16(26-18(21-12)15-8-5-9-25-15)17(22)20-10-13-6-3-4-7-14(13)11-27(23,24)19-2/h3-9,19H,10-11H2,1-2H3,(H,20,22). The van der Waals surface area contributed by atoms with Crippen LogP contribution in [0.1, 0.15) is 26.5 Å². The van der Waals surface area contributed by atoms with Crippen molar-refractivity contribution >= 4 is 38.6 Å². The van der Waals surface area contributed by atoms with Gasteiger partial charge in [0.15, 0.2) is 0 Å². The van der Waals surface area contributed by atoms with E-state index in [-0.39, 0.29) is 18.2 Å². The smallest absolute Gasteiger partial charge is 0.263 e. The van der Waals surface area contributed by atoms with E-state index in [2.05, 4.69) is 15.0 Å². The van der Waals surface area contributed by atoms with E-state index in [0.717, 1.165) is 15.4 Å². The van der Waals surface area contributed by atoms with Crippen LogP contribution in [0.4, 0.5) is 0 Å². The molecule has 9 heteroatoms. The maximum Gasteiger partial charge on any atom is 0.263 e. The van der Waals surface area contributed by atoms with Crippen LogP contribution in [0.3, 0.4) is 0 Å². The number of hydrogen-bond donors (Lipinski definition) is 2. The third-order valence-corrected chi connectivity index (χ3v) is 7.46. The molecule has 3 rings (SSSR count). The molecule has 0 spiro atoms. The molecule has 2 heterocycles. The lowest BCUT2D eigenvalue weighted by Gasteiger charge is -2.10. The molecule has 0 aliphatic heterocycles. The highest BCUT2D eigenvalue weighted by molar-refractivity contribution is 7.88. The minimum atomic E-state index is -3.38. The summed E-state index contributed by atoms with van der Waals surface area (Å²) in [5.41, 5.74) is 2.12. The lowest BCUT2D eigenvalue weighted by atomic mass is 10.1. The zero-order valence-electron chi connectivity index (χ0n) is 14.9. The summed E-state index contributed by atoms with van der Waals surface area (Å²) in [4.78, 5) is 18.7. The molecule has 2 aromatic heterocycles. The van der Waals surface area contributed by atoms with E-state index in [1.54, 1.807) is 23.5 Å². The number of rotatable bonds is 7. The lowest BCUT2D eigenvalue weighted by Crippen LogP contribution is -2.25. The third-order valence-electron chi connectivity index (χ3n) is 3.95.